The molecular formula is C17H25NO3. The van der Waals surface area contributed by atoms with Gasteiger partial charge in [0.1, 0.15) is 5.41 Å². The normalized spacial score (nSPS) is 19.0. The predicted octanol–water partition coefficient (Wildman–Crippen LogP) is 2.26. The first kappa shape index (κ1) is 16.0. The van der Waals surface area contributed by atoms with Crippen LogP contribution in [-0.4, -0.2) is 32.3 Å². The second-order valence-electron chi connectivity index (χ2n) is 5.63. The van der Waals surface area contributed by atoms with Crippen molar-refractivity contribution in [3.63, 3.8) is 0 Å². The van der Waals surface area contributed by atoms with Crippen molar-refractivity contribution in [2.45, 2.75) is 31.6 Å². The molecule has 1 aliphatic heterocycles. The highest BCUT2D eigenvalue weighted by atomic mass is 16.5. The van der Waals surface area contributed by atoms with E-state index in [0.29, 0.717) is 12.5 Å². The van der Waals surface area contributed by atoms with Crippen LogP contribution in [0.5, 0.6) is 0 Å². The molecule has 1 saturated heterocycles. The number of carbonyl (C=O) groups is 1. The van der Waals surface area contributed by atoms with Gasteiger partial charge in [-0.1, -0.05) is 30.3 Å². The van der Waals surface area contributed by atoms with Crippen LogP contribution in [0.25, 0.3) is 0 Å². The summed E-state index contributed by atoms with van der Waals surface area (Å²) in [4.78, 5) is 12.6. The Bertz CT molecular complexity index is 443. The van der Waals surface area contributed by atoms with Gasteiger partial charge in [-0.15, -0.1) is 0 Å². The molecule has 0 spiro atoms. The van der Waals surface area contributed by atoms with E-state index in [1.165, 1.54) is 0 Å². The number of benzene rings is 1. The first-order chi connectivity index (χ1) is 10.2. The lowest BCUT2D eigenvalue weighted by atomic mass is 9.72. The van der Waals surface area contributed by atoms with Crippen molar-refractivity contribution in [3.05, 3.63) is 35.9 Å². The van der Waals surface area contributed by atoms with Gasteiger partial charge in [0, 0.05) is 19.8 Å². The number of carbonyl (C=O) groups excluding carboxylic acids is 1. The van der Waals surface area contributed by atoms with Crippen molar-refractivity contribution in [1.82, 2.24) is 0 Å². The third-order valence-electron chi connectivity index (χ3n) is 4.32. The molecule has 0 saturated carbocycles. The largest absolute Gasteiger partial charge is 0.465 e. The lowest BCUT2D eigenvalue weighted by molar-refractivity contribution is -0.151. The fourth-order valence-corrected chi connectivity index (χ4v) is 3.07. The summed E-state index contributed by atoms with van der Waals surface area (Å²) in [6.45, 7) is 4.01. The molecule has 4 nitrogen and oxygen atoms in total. The average molecular weight is 291 g/mol. The highest BCUT2D eigenvalue weighted by molar-refractivity contribution is 5.83. The van der Waals surface area contributed by atoms with E-state index in [1.54, 1.807) is 0 Å². The van der Waals surface area contributed by atoms with Crippen LogP contribution in [0.1, 0.15) is 31.7 Å². The Morgan fingerprint density at radius 2 is 2.00 bits per heavy atom. The molecule has 2 rings (SSSR count). The Balaban J connectivity index is 2.29. The van der Waals surface area contributed by atoms with Crippen molar-refractivity contribution in [2.24, 2.45) is 11.7 Å². The van der Waals surface area contributed by atoms with Gasteiger partial charge in [0.05, 0.1) is 6.61 Å². The van der Waals surface area contributed by atoms with Gasteiger partial charge in [-0.05, 0) is 37.7 Å². The van der Waals surface area contributed by atoms with Crippen LogP contribution in [-0.2, 0) is 19.7 Å². The third kappa shape index (κ3) is 3.63. The fraction of sp³-hybridized carbons (Fsp3) is 0.588. The van der Waals surface area contributed by atoms with Crippen LogP contribution < -0.4 is 5.73 Å². The lowest BCUT2D eigenvalue weighted by Crippen LogP contribution is -2.46. The number of nitrogens with two attached hydrogens (primary N) is 1. The molecule has 0 bridgehead atoms. The minimum absolute atomic E-state index is 0.204. The van der Waals surface area contributed by atoms with Crippen molar-refractivity contribution in [3.8, 4) is 0 Å². The van der Waals surface area contributed by atoms with E-state index in [4.69, 9.17) is 15.2 Å². The van der Waals surface area contributed by atoms with Gasteiger partial charge in [-0.2, -0.15) is 0 Å². The maximum Gasteiger partial charge on any atom is 0.317 e. The van der Waals surface area contributed by atoms with Crippen LogP contribution in [0.3, 0.4) is 0 Å². The van der Waals surface area contributed by atoms with Crippen molar-refractivity contribution in [2.75, 3.05) is 26.4 Å². The summed E-state index contributed by atoms with van der Waals surface area (Å²) < 4.78 is 10.8. The van der Waals surface area contributed by atoms with E-state index in [9.17, 15) is 4.79 Å². The van der Waals surface area contributed by atoms with Gasteiger partial charge >= 0.3 is 5.97 Å². The maximum atomic E-state index is 12.6. The molecule has 0 aliphatic carbocycles. The Morgan fingerprint density at radius 3 is 2.57 bits per heavy atom. The number of esters is 1. The van der Waals surface area contributed by atoms with Gasteiger partial charge in [-0.3, -0.25) is 4.79 Å². The van der Waals surface area contributed by atoms with Crippen LogP contribution in [0.2, 0.25) is 0 Å². The predicted molar refractivity (Wildman–Crippen MR) is 82.0 cm³/mol. The monoisotopic (exact) mass is 291 g/mol. The van der Waals surface area contributed by atoms with Crippen molar-refractivity contribution < 1.29 is 14.3 Å². The van der Waals surface area contributed by atoms with Gasteiger partial charge in [0.15, 0.2) is 0 Å². The second-order valence-corrected chi connectivity index (χ2v) is 5.63. The van der Waals surface area contributed by atoms with Gasteiger partial charge in [0.25, 0.3) is 0 Å². The summed E-state index contributed by atoms with van der Waals surface area (Å²) in [6, 6.07) is 9.79. The zero-order chi connectivity index (χ0) is 15.1. The number of hydrogen-bond donors (Lipinski definition) is 1. The molecule has 1 aromatic rings. The molecule has 1 unspecified atom stereocenters. The molecule has 1 aromatic carbocycles. The van der Waals surface area contributed by atoms with E-state index in [0.717, 1.165) is 38.0 Å². The Hall–Kier alpha value is -1.39. The topological polar surface area (TPSA) is 61.5 Å². The Morgan fingerprint density at radius 1 is 1.33 bits per heavy atom. The second kappa shape index (κ2) is 7.57. The molecule has 4 heteroatoms. The number of hydrogen-bond acceptors (Lipinski definition) is 4. The molecule has 116 valence electrons. The van der Waals surface area contributed by atoms with E-state index >= 15 is 0 Å². The molecule has 1 aliphatic rings. The Kier molecular flexibility index (Phi) is 5.76. The summed E-state index contributed by atoms with van der Waals surface area (Å²) >= 11 is 0. The van der Waals surface area contributed by atoms with Gasteiger partial charge in [0.2, 0.25) is 0 Å². The molecular weight excluding hydrogens is 266 g/mol. The van der Waals surface area contributed by atoms with E-state index in [-0.39, 0.29) is 12.5 Å². The average Bonchev–Trinajstić information content (AvgIpc) is 2.54. The highest BCUT2D eigenvalue weighted by Gasteiger charge is 2.42. The van der Waals surface area contributed by atoms with Crippen LogP contribution in [0, 0.1) is 5.92 Å². The van der Waals surface area contributed by atoms with E-state index in [1.807, 2.05) is 37.3 Å². The highest BCUT2D eigenvalue weighted by Crippen LogP contribution is 2.35. The summed E-state index contributed by atoms with van der Waals surface area (Å²) in [5, 5.41) is 0. The molecule has 2 N–H and O–H groups in total. The molecule has 0 amide bonds. The van der Waals surface area contributed by atoms with Crippen LogP contribution in [0.4, 0.5) is 0 Å². The molecule has 0 radical (unpaired) electrons. The van der Waals surface area contributed by atoms with E-state index < -0.39 is 5.41 Å². The van der Waals surface area contributed by atoms with E-state index in [2.05, 4.69) is 0 Å². The van der Waals surface area contributed by atoms with Gasteiger partial charge in [-0.25, -0.2) is 0 Å². The summed E-state index contributed by atoms with van der Waals surface area (Å²) in [6.07, 6.45) is 2.69. The SMILES string of the molecule is CCOC(=O)C(CN)(CC1CCOCC1)c1ccccc1. The smallest absolute Gasteiger partial charge is 0.317 e. The van der Waals surface area contributed by atoms with Crippen LogP contribution >= 0.6 is 0 Å². The van der Waals surface area contributed by atoms with Gasteiger partial charge < -0.3 is 15.2 Å². The minimum atomic E-state index is -0.737. The zero-order valence-electron chi connectivity index (χ0n) is 12.7. The van der Waals surface area contributed by atoms with Crippen molar-refractivity contribution in [1.29, 1.82) is 0 Å². The molecule has 1 fully saturated rings. The number of ether oxygens (including phenoxy) is 2. The molecule has 1 atom stereocenters. The minimum Gasteiger partial charge on any atom is -0.465 e. The molecule has 21 heavy (non-hydrogen) atoms. The first-order valence-corrected chi connectivity index (χ1v) is 7.73. The third-order valence-corrected chi connectivity index (χ3v) is 4.32. The summed E-state index contributed by atoms with van der Waals surface area (Å²) in [7, 11) is 0. The standard InChI is InChI=1S/C17H25NO3/c1-2-21-16(19)17(13-18,15-6-4-3-5-7-15)12-14-8-10-20-11-9-14/h3-7,14H,2,8-13,18H2,1H3. The van der Waals surface area contributed by atoms with Crippen LogP contribution in [0.15, 0.2) is 30.3 Å². The number of rotatable bonds is 6. The quantitative estimate of drug-likeness (QED) is 0.817. The van der Waals surface area contributed by atoms with Crippen molar-refractivity contribution >= 4 is 5.97 Å². The fourth-order valence-electron chi connectivity index (χ4n) is 3.07. The molecule has 1 heterocycles. The summed E-state index contributed by atoms with van der Waals surface area (Å²) in [5.41, 5.74) is 6.28. The summed E-state index contributed by atoms with van der Waals surface area (Å²) in [5.74, 6) is 0.247. The first-order valence-electron chi connectivity index (χ1n) is 7.73. The molecule has 0 aromatic heterocycles. The lowest BCUT2D eigenvalue weighted by Gasteiger charge is -2.35. The maximum absolute atomic E-state index is 12.6. The Labute approximate surface area is 126 Å². The zero-order valence-corrected chi connectivity index (χ0v) is 12.7.